The molecule has 0 aliphatic carbocycles. The number of hydrogen-bond acceptors (Lipinski definition) is 5. The molecule has 0 saturated carbocycles. The fourth-order valence-corrected chi connectivity index (χ4v) is 2.87. The number of nitrogens with zero attached hydrogens (tertiary/aromatic N) is 4. The van der Waals surface area contributed by atoms with E-state index in [0.29, 0.717) is 32.3 Å². The predicted octanol–water partition coefficient (Wildman–Crippen LogP) is -0.326. The first-order valence-electron chi connectivity index (χ1n) is 7.38. The Balaban J connectivity index is 2.01. The Labute approximate surface area is 132 Å². The van der Waals surface area contributed by atoms with Gasteiger partial charge in [-0.1, -0.05) is 5.21 Å². The van der Waals surface area contributed by atoms with Crippen molar-refractivity contribution in [1.29, 1.82) is 0 Å². The third-order valence-electron chi connectivity index (χ3n) is 4.00. The van der Waals surface area contributed by atoms with Gasteiger partial charge in [0, 0.05) is 19.0 Å². The van der Waals surface area contributed by atoms with Crippen LogP contribution in [0.15, 0.2) is 12.4 Å². The molecule has 2 amide bonds. The summed E-state index contributed by atoms with van der Waals surface area (Å²) in [6, 6.07) is 0. The molecule has 2 heterocycles. The highest BCUT2D eigenvalue weighted by molar-refractivity contribution is 5.84. The molecule has 1 unspecified atom stereocenters. The van der Waals surface area contributed by atoms with Crippen molar-refractivity contribution in [3.63, 3.8) is 0 Å². The zero-order valence-electron chi connectivity index (χ0n) is 12.6. The van der Waals surface area contributed by atoms with Gasteiger partial charge in [-0.2, -0.15) is 0 Å². The van der Waals surface area contributed by atoms with Gasteiger partial charge in [0.15, 0.2) is 0 Å². The second-order valence-corrected chi connectivity index (χ2v) is 5.67. The van der Waals surface area contributed by atoms with Gasteiger partial charge < -0.3 is 11.1 Å². The molecular weight excluding hydrogens is 310 g/mol. The van der Waals surface area contributed by atoms with Crippen LogP contribution in [0.5, 0.6) is 0 Å². The molecule has 1 aliphatic heterocycles. The van der Waals surface area contributed by atoms with Gasteiger partial charge in [0.2, 0.25) is 12.1 Å². The number of piperidine rings is 1. The lowest BCUT2D eigenvalue weighted by molar-refractivity contribution is -0.133. The van der Waals surface area contributed by atoms with Gasteiger partial charge in [0.05, 0.1) is 12.7 Å². The van der Waals surface area contributed by atoms with Crippen LogP contribution >= 0.6 is 0 Å². The third-order valence-corrected chi connectivity index (χ3v) is 4.00. The standard InChI is InChI=1S/C13H20F2N6O2/c14-12(15)3-1-6-20(9-12)7-2-4-13(11(16)23,17-10-22)21-8-5-18-19-21/h5,8,10H,1-4,6-7,9H2,(H2,16,23)(H,17,22). The average molecular weight is 330 g/mol. The van der Waals surface area contributed by atoms with Gasteiger partial charge in [-0.05, 0) is 25.9 Å². The number of carbonyl (C=O) groups is 2. The molecule has 1 aromatic heterocycles. The normalized spacial score (nSPS) is 20.6. The zero-order chi connectivity index (χ0) is 16.9. The Morgan fingerprint density at radius 2 is 2.30 bits per heavy atom. The molecule has 0 radical (unpaired) electrons. The Bertz CT molecular complexity index is 539. The second kappa shape index (κ2) is 6.99. The summed E-state index contributed by atoms with van der Waals surface area (Å²) in [4.78, 5) is 24.4. The number of likely N-dealkylation sites (tertiary alicyclic amines) is 1. The number of halogens is 2. The molecule has 23 heavy (non-hydrogen) atoms. The lowest BCUT2D eigenvalue weighted by Crippen LogP contribution is -2.57. The van der Waals surface area contributed by atoms with E-state index in [-0.39, 0.29) is 19.4 Å². The predicted molar refractivity (Wildman–Crippen MR) is 76.2 cm³/mol. The lowest BCUT2D eigenvalue weighted by Gasteiger charge is -2.34. The van der Waals surface area contributed by atoms with Crippen LogP contribution in [0, 0.1) is 0 Å². The monoisotopic (exact) mass is 330 g/mol. The largest absolute Gasteiger partial charge is 0.366 e. The first-order valence-corrected chi connectivity index (χ1v) is 7.38. The molecular formula is C13H20F2N6O2. The van der Waals surface area contributed by atoms with Crippen molar-refractivity contribution in [2.24, 2.45) is 5.73 Å². The highest BCUT2D eigenvalue weighted by Gasteiger charge is 2.40. The molecule has 1 fully saturated rings. The number of nitrogens with two attached hydrogens (primary N) is 1. The molecule has 10 heteroatoms. The second-order valence-electron chi connectivity index (χ2n) is 5.67. The molecule has 8 nitrogen and oxygen atoms in total. The summed E-state index contributed by atoms with van der Waals surface area (Å²) in [5.74, 6) is -3.47. The van der Waals surface area contributed by atoms with E-state index >= 15 is 0 Å². The molecule has 2 rings (SSSR count). The van der Waals surface area contributed by atoms with E-state index in [0.717, 1.165) is 0 Å². The minimum atomic E-state index is -2.67. The van der Waals surface area contributed by atoms with Gasteiger partial charge in [0.1, 0.15) is 0 Å². The SMILES string of the molecule is NC(=O)C(CCCN1CCCC(F)(F)C1)(NC=O)n1ccnn1. The van der Waals surface area contributed by atoms with E-state index in [4.69, 9.17) is 5.73 Å². The fraction of sp³-hybridized carbons (Fsp3) is 0.692. The first-order chi connectivity index (χ1) is 10.9. The van der Waals surface area contributed by atoms with Crippen LogP contribution in [0.3, 0.4) is 0 Å². The summed E-state index contributed by atoms with van der Waals surface area (Å²) in [6.45, 7) is 0.671. The van der Waals surface area contributed by atoms with E-state index in [9.17, 15) is 18.4 Å². The quantitative estimate of drug-likeness (QED) is 0.635. The lowest BCUT2D eigenvalue weighted by atomic mass is 10.0. The molecule has 1 aromatic rings. The Hall–Kier alpha value is -2.10. The summed E-state index contributed by atoms with van der Waals surface area (Å²) in [6.07, 6.45) is 3.99. The Morgan fingerprint density at radius 1 is 1.52 bits per heavy atom. The smallest absolute Gasteiger partial charge is 0.266 e. The Kier molecular flexibility index (Phi) is 5.24. The maximum absolute atomic E-state index is 13.4. The van der Waals surface area contributed by atoms with Gasteiger partial charge >= 0.3 is 0 Å². The minimum absolute atomic E-state index is 0.0968. The van der Waals surface area contributed by atoms with E-state index in [2.05, 4.69) is 15.6 Å². The molecule has 0 bridgehead atoms. The van der Waals surface area contributed by atoms with Crippen LogP contribution < -0.4 is 11.1 Å². The number of carbonyl (C=O) groups excluding carboxylic acids is 2. The molecule has 1 saturated heterocycles. The van der Waals surface area contributed by atoms with Crippen LogP contribution in [0.25, 0.3) is 0 Å². The molecule has 0 aromatic carbocycles. The van der Waals surface area contributed by atoms with Crippen LogP contribution in [-0.4, -0.2) is 57.8 Å². The molecule has 128 valence electrons. The summed E-state index contributed by atoms with van der Waals surface area (Å²) in [5.41, 5.74) is 3.88. The van der Waals surface area contributed by atoms with E-state index in [1.54, 1.807) is 4.90 Å². The number of rotatable bonds is 8. The fourth-order valence-electron chi connectivity index (χ4n) is 2.87. The number of hydrogen-bond donors (Lipinski definition) is 2. The molecule has 3 N–H and O–H groups in total. The average Bonchev–Trinajstić information content (AvgIpc) is 2.99. The number of nitrogens with one attached hydrogen (secondary N) is 1. The number of amides is 2. The summed E-state index contributed by atoms with van der Waals surface area (Å²) in [7, 11) is 0. The van der Waals surface area contributed by atoms with Gasteiger partial charge in [-0.25, -0.2) is 13.5 Å². The summed E-state index contributed by atoms with van der Waals surface area (Å²) >= 11 is 0. The van der Waals surface area contributed by atoms with Crippen molar-refractivity contribution < 1.29 is 18.4 Å². The van der Waals surface area contributed by atoms with Crippen molar-refractivity contribution in [2.75, 3.05) is 19.6 Å². The van der Waals surface area contributed by atoms with Crippen molar-refractivity contribution in [3.05, 3.63) is 12.4 Å². The van der Waals surface area contributed by atoms with Crippen LogP contribution in [0.4, 0.5) is 8.78 Å². The van der Waals surface area contributed by atoms with Crippen LogP contribution in [0.2, 0.25) is 0 Å². The third kappa shape index (κ3) is 4.01. The van der Waals surface area contributed by atoms with E-state index in [1.807, 2.05) is 0 Å². The van der Waals surface area contributed by atoms with E-state index in [1.165, 1.54) is 17.1 Å². The highest BCUT2D eigenvalue weighted by atomic mass is 19.3. The zero-order valence-corrected chi connectivity index (χ0v) is 12.6. The minimum Gasteiger partial charge on any atom is -0.366 e. The first kappa shape index (κ1) is 17.3. The highest BCUT2D eigenvalue weighted by Crippen LogP contribution is 2.27. The summed E-state index contributed by atoms with van der Waals surface area (Å²) < 4.78 is 28.0. The maximum atomic E-state index is 13.4. The summed E-state index contributed by atoms with van der Waals surface area (Å²) in [5, 5.41) is 9.73. The van der Waals surface area contributed by atoms with Crippen molar-refractivity contribution in [3.8, 4) is 0 Å². The maximum Gasteiger partial charge on any atom is 0.266 e. The number of aromatic nitrogens is 3. The van der Waals surface area contributed by atoms with Gasteiger partial charge in [0.25, 0.3) is 11.8 Å². The van der Waals surface area contributed by atoms with Gasteiger partial charge in [-0.3, -0.25) is 14.5 Å². The Morgan fingerprint density at radius 3 is 2.87 bits per heavy atom. The molecule has 1 aliphatic rings. The van der Waals surface area contributed by atoms with Gasteiger partial charge in [-0.15, -0.1) is 5.10 Å². The van der Waals surface area contributed by atoms with Crippen molar-refractivity contribution >= 4 is 12.3 Å². The molecule has 1 atom stereocenters. The molecule has 0 spiro atoms. The van der Waals surface area contributed by atoms with Crippen LogP contribution in [-0.2, 0) is 15.3 Å². The topological polar surface area (TPSA) is 106 Å². The van der Waals surface area contributed by atoms with Crippen LogP contribution in [0.1, 0.15) is 25.7 Å². The van der Waals surface area contributed by atoms with Crippen molar-refractivity contribution in [2.45, 2.75) is 37.3 Å². The van der Waals surface area contributed by atoms with Crippen molar-refractivity contribution in [1.82, 2.24) is 25.2 Å². The number of primary amides is 1. The van der Waals surface area contributed by atoms with E-state index < -0.39 is 17.5 Å². The number of alkyl halides is 2.